The highest BCUT2D eigenvalue weighted by molar-refractivity contribution is 6.42. The van der Waals surface area contributed by atoms with E-state index in [1.54, 1.807) is 24.3 Å². The third-order valence-electron chi connectivity index (χ3n) is 3.04. The predicted octanol–water partition coefficient (Wildman–Crippen LogP) is 6.35. The van der Waals surface area contributed by atoms with Crippen LogP contribution < -0.4 is 5.32 Å². The smallest absolute Gasteiger partial charge is 0.164 e. The summed E-state index contributed by atoms with van der Waals surface area (Å²) in [7, 11) is 0. The molecule has 0 aliphatic heterocycles. The van der Waals surface area contributed by atoms with E-state index < -0.39 is 5.82 Å². The Balaban J connectivity index is 2.28. The first-order valence-electron chi connectivity index (χ1n) is 6.18. The lowest BCUT2D eigenvalue weighted by Crippen LogP contribution is -2.11. The second-order valence-electron chi connectivity index (χ2n) is 4.38. The van der Waals surface area contributed by atoms with Crippen molar-refractivity contribution in [3.05, 3.63) is 62.8 Å². The minimum atomic E-state index is -0.451. The Morgan fingerprint density at radius 3 is 2.45 bits per heavy atom. The van der Waals surface area contributed by atoms with Crippen molar-refractivity contribution in [1.82, 2.24) is 0 Å². The van der Waals surface area contributed by atoms with Gasteiger partial charge in [-0.25, -0.2) is 4.39 Å². The van der Waals surface area contributed by atoms with Crippen molar-refractivity contribution in [3.63, 3.8) is 0 Å². The molecule has 2 aromatic rings. The van der Waals surface area contributed by atoms with E-state index in [9.17, 15) is 4.39 Å². The summed E-state index contributed by atoms with van der Waals surface area (Å²) in [5.41, 5.74) is 1.32. The monoisotopic (exact) mass is 331 g/mol. The Bertz CT molecular complexity index is 616. The molecule has 2 aromatic carbocycles. The molecule has 0 aromatic heterocycles. The van der Waals surface area contributed by atoms with Crippen molar-refractivity contribution in [3.8, 4) is 0 Å². The van der Waals surface area contributed by atoms with Crippen LogP contribution in [0.5, 0.6) is 0 Å². The molecule has 20 heavy (non-hydrogen) atoms. The fraction of sp³-hybridized carbons (Fsp3) is 0.200. The van der Waals surface area contributed by atoms with Gasteiger partial charge in [0.15, 0.2) is 5.82 Å². The molecule has 1 atom stereocenters. The van der Waals surface area contributed by atoms with Gasteiger partial charge in [0.2, 0.25) is 0 Å². The van der Waals surface area contributed by atoms with Crippen molar-refractivity contribution >= 4 is 40.5 Å². The van der Waals surface area contributed by atoms with Crippen LogP contribution in [-0.4, -0.2) is 0 Å². The number of rotatable bonds is 4. The molecular formula is C15H13Cl3FN. The summed E-state index contributed by atoms with van der Waals surface area (Å²) in [6, 6.07) is 10.2. The van der Waals surface area contributed by atoms with Gasteiger partial charge in [0.05, 0.1) is 26.8 Å². The van der Waals surface area contributed by atoms with Crippen LogP contribution in [0.1, 0.15) is 24.9 Å². The maximum atomic E-state index is 13.9. The molecule has 0 amide bonds. The number of anilines is 1. The maximum absolute atomic E-state index is 13.9. The molecule has 1 nitrogen and oxygen atoms in total. The summed E-state index contributed by atoms with van der Waals surface area (Å²) in [5.74, 6) is -0.451. The third-order valence-corrected chi connectivity index (χ3v) is 4.07. The van der Waals surface area contributed by atoms with Gasteiger partial charge in [0.1, 0.15) is 0 Å². The minimum Gasteiger partial charge on any atom is -0.376 e. The van der Waals surface area contributed by atoms with Crippen molar-refractivity contribution < 1.29 is 4.39 Å². The van der Waals surface area contributed by atoms with E-state index in [4.69, 9.17) is 34.8 Å². The van der Waals surface area contributed by atoms with Gasteiger partial charge < -0.3 is 5.32 Å². The summed E-state index contributed by atoms with van der Waals surface area (Å²) in [4.78, 5) is 0. The van der Waals surface area contributed by atoms with E-state index in [2.05, 4.69) is 5.32 Å². The van der Waals surface area contributed by atoms with Gasteiger partial charge >= 0.3 is 0 Å². The number of hydrogen-bond donors (Lipinski definition) is 1. The number of nitrogens with one attached hydrogen (secondary N) is 1. The zero-order valence-electron chi connectivity index (χ0n) is 10.8. The summed E-state index contributed by atoms with van der Waals surface area (Å²) in [5, 5.41) is 4.22. The van der Waals surface area contributed by atoms with Crippen molar-refractivity contribution in [1.29, 1.82) is 0 Å². The molecule has 1 unspecified atom stereocenters. The van der Waals surface area contributed by atoms with Crippen LogP contribution in [0.4, 0.5) is 10.1 Å². The Labute approximate surface area is 132 Å². The van der Waals surface area contributed by atoms with Gasteiger partial charge in [-0.1, -0.05) is 53.9 Å². The lowest BCUT2D eigenvalue weighted by molar-refractivity contribution is 0.624. The quantitative estimate of drug-likeness (QED) is 0.688. The SMILES string of the molecule is CCC(Nc1cccc(Cl)c1F)c1ccc(Cl)c(Cl)c1. The van der Waals surface area contributed by atoms with Crippen molar-refractivity contribution in [2.24, 2.45) is 0 Å². The van der Waals surface area contributed by atoms with Crippen LogP contribution in [0.3, 0.4) is 0 Å². The molecule has 0 aliphatic rings. The van der Waals surface area contributed by atoms with Gasteiger partial charge in [-0.2, -0.15) is 0 Å². The molecule has 5 heteroatoms. The lowest BCUT2D eigenvalue weighted by atomic mass is 10.0. The molecule has 0 spiro atoms. The van der Waals surface area contributed by atoms with Crippen LogP contribution >= 0.6 is 34.8 Å². The van der Waals surface area contributed by atoms with Crippen LogP contribution in [-0.2, 0) is 0 Å². The molecule has 0 saturated heterocycles. The highest BCUT2D eigenvalue weighted by atomic mass is 35.5. The van der Waals surface area contributed by atoms with Crippen LogP contribution in [0, 0.1) is 5.82 Å². The van der Waals surface area contributed by atoms with Gasteiger partial charge in [0, 0.05) is 0 Å². The van der Waals surface area contributed by atoms with Gasteiger partial charge in [0.25, 0.3) is 0 Å². The van der Waals surface area contributed by atoms with E-state index in [1.807, 2.05) is 13.0 Å². The topological polar surface area (TPSA) is 12.0 Å². The number of halogens is 4. The van der Waals surface area contributed by atoms with Gasteiger partial charge in [-0.15, -0.1) is 0 Å². The summed E-state index contributed by atoms with van der Waals surface area (Å²) in [6.45, 7) is 2.00. The molecular weight excluding hydrogens is 320 g/mol. The third kappa shape index (κ3) is 3.38. The van der Waals surface area contributed by atoms with Crippen LogP contribution in [0.25, 0.3) is 0 Å². The van der Waals surface area contributed by atoms with E-state index in [0.717, 1.165) is 12.0 Å². The average Bonchev–Trinajstić information content (AvgIpc) is 2.44. The fourth-order valence-corrected chi connectivity index (χ4v) is 2.43. The van der Waals surface area contributed by atoms with E-state index in [1.165, 1.54) is 6.07 Å². The minimum absolute atomic E-state index is 0.0715. The lowest BCUT2D eigenvalue weighted by Gasteiger charge is -2.20. The molecule has 0 bridgehead atoms. The molecule has 0 saturated carbocycles. The van der Waals surface area contributed by atoms with Gasteiger partial charge in [-0.3, -0.25) is 0 Å². The Kier molecular flexibility index (Phi) is 5.14. The molecule has 0 aliphatic carbocycles. The molecule has 106 valence electrons. The summed E-state index contributed by atoms with van der Waals surface area (Å²) < 4.78 is 13.9. The second-order valence-corrected chi connectivity index (χ2v) is 5.60. The van der Waals surface area contributed by atoms with E-state index in [0.29, 0.717) is 15.7 Å². The predicted molar refractivity (Wildman–Crippen MR) is 84.5 cm³/mol. The Morgan fingerprint density at radius 2 is 1.80 bits per heavy atom. The highest BCUT2D eigenvalue weighted by Gasteiger charge is 2.14. The first-order chi connectivity index (χ1) is 9.52. The largest absolute Gasteiger partial charge is 0.376 e. The molecule has 0 fully saturated rings. The Hall–Kier alpha value is -0.960. The highest BCUT2D eigenvalue weighted by Crippen LogP contribution is 2.31. The molecule has 0 heterocycles. The van der Waals surface area contributed by atoms with Crippen molar-refractivity contribution in [2.45, 2.75) is 19.4 Å². The zero-order chi connectivity index (χ0) is 14.7. The standard InChI is InChI=1S/C15H13Cl3FN/c1-2-13(9-6-7-10(16)12(18)8-9)20-14-5-3-4-11(17)15(14)19/h3-8,13,20H,2H2,1H3. The maximum Gasteiger partial charge on any atom is 0.164 e. The van der Waals surface area contributed by atoms with E-state index >= 15 is 0 Å². The number of benzene rings is 2. The van der Waals surface area contributed by atoms with E-state index in [-0.39, 0.29) is 11.1 Å². The number of hydrogen-bond acceptors (Lipinski definition) is 1. The molecule has 1 N–H and O–H groups in total. The molecule has 2 rings (SSSR count). The average molecular weight is 333 g/mol. The van der Waals surface area contributed by atoms with Crippen molar-refractivity contribution in [2.75, 3.05) is 5.32 Å². The van der Waals surface area contributed by atoms with Crippen LogP contribution in [0.2, 0.25) is 15.1 Å². The first-order valence-corrected chi connectivity index (χ1v) is 7.31. The zero-order valence-corrected chi connectivity index (χ0v) is 13.0. The fourth-order valence-electron chi connectivity index (χ4n) is 1.95. The van der Waals surface area contributed by atoms with Gasteiger partial charge in [-0.05, 0) is 36.2 Å². The summed E-state index contributed by atoms with van der Waals surface area (Å²) >= 11 is 17.7. The summed E-state index contributed by atoms with van der Waals surface area (Å²) in [6.07, 6.45) is 0.768. The molecule has 0 radical (unpaired) electrons. The first kappa shape index (κ1) is 15.4. The van der Waals surface area contributed by atoms with Crippen LogP contribution in [0.15, 0.2) is 36.4 Å². The Morgan fingerprint density at radius 1 is 1.05 bits per heavy atom. The normalized spacial score (nSPS) is 12.2. The second kappa shape index (κ2) is 6.66.